The number of fused-ring (bicyclic) bond motifs is 2. The highest BCUT2D eigenvalue weighted by Crippen LogP contribution is 2.38. The van der Waals surface area contributed by atoms with E-state index in [-0.39, 0.29) is 22.6 Å². The fraction of sp³-hybridized carbons (Fsp3) is 0.483. The van der Waals surface area contributed by atoms with E-state index in [4.69, 9.17) is 15.5 Å². The SMILES string of the molecule is CCc1c(-c2cc3ccc(N(C(F)F)S(C)(=O)=O)nc3n2CC2CC2)nc2cc(C(=O)N3CC[C@H](O)[C@H](N)C3)cc(OC)n12. The van der Waals surface area contributed by atoms with Gasteiger partial charge in [-0.1, -0.05) is 6.92 Å². The van der Waals surface area contributed by atoms with Crippen LogP contribution in [0.4, 0.5) is 14.6 Å². The normalized spacial score (nSPS) is 19.3. The van der Waals surface area contributed by atoms with Crippen LogP contribution in [0.25, 0.3) is 28.1 Å². The summed E-state index contributed by atoms with van der Waals surface area (Å²) in [4.78, 5) is 24.5. The number of methoxy groups -OCH3 is 1. The van der Waals surface area contributed by atoms with E-state index in [0.29, 0.717) is 71.4 Å². The van der Waals surface area contributed by atoms with Crippen LogP contribution >= 0.6 is 0 Å². The van der Waals surface area contributed by atoms with Gasteiger partial charge in [0, 0.05) is 42.7 Å². The van der Waals surface area contributed by atoms with Crippen molar-refractivity contribution in [2.75, 3.05) is 30.8 Å². The van der Waals surface area contributed by atoms with Crippen molar-refractivity contribution < 1.29 is 31.8 Å². The van der Waals surface area contributed by atoms with Gasteiger partial charge in [0.25, 0.3) is 5.91 Å². The van der Waals surface area contributed by atoms with E-state index < -0.39 is 28.7 Å². The molecule has 2 atom stereocenters. The number of anilines is 1. The number of halogens is 2. The van der Waals surface area contributed by atoms with E-state index in [0.717, 1.165) is 24.8 Å². The third-order valence-electron chi connectivity index (χ3n) is 8.35. The number of hydrogen-bond donors (Lipinski definition) is 2. The van der Waals surface area contributed by atoms with Crippen molar-refractivity contribution in [2.24, 2.45) is 11.7 Å². The number of aromatic nitrogens is 4. The monoisotopic (exact) mass is 631 g/mol. The zero-order chi connectivity index (χ0) is 31.5. The van der Waals surface area contributed by atoms with Crippen LogP contribution in [0, 0.1) is 5.92 Å². The first-order valence-corrected chi connectivity index (χ1v) is 16.4. The summed E-state index contributed by atoms with van der Waals surface area (Å²) in [6.07, 6.45) is 3.02. The van der Waals surface area contributed by atoms with Crippen molar-refractivity contribution in [3.63, 3.8) is 0 Å². The van der Waals surface area contributed by atoms with Gasteiger partial charge in [-0.25, -0.2) is 18.4 Å². The van der Waals surface area contributed by atoms with Crippen LogP contribution < -0.4 is 14.8 Å². The lowest BCUT2D eigenvalue weighted by atomic mass is 10.0. The molecule has 4 aromatic heterocycles. The molecule has 1 aliphatic heterocycles. The quantitative estimate of drug-likeness (QED) is 0.268. The molecule has 0 radical (unpaired) electrons. The predicted octanol–water partition coefficient (Wildman–Crippen LogP) is 2.85. The molecule has 1 amide bonds. The van der Waals surface area contributed by atoms with Gasteiger partial charge in [-0.2, -0.15) is 13.1 Å². The van der Waals surface area contributed by atoms with Crippen LogP contribution in [0.2, 0.25) is 0 Å². The summed E-state index contributed by atoms with van der Waals surface area (Å²) in [7, 11) is -2.77. The summed E-state index contributed by atoms with van der Waals surface area (Å²) in [6, 6.07) is 7.56. The maximum absolute atomic E-state index is 13.8. The van der Waals surface area contributed by atoms with Crippen LogP contribution in [-0.2, 0) is 23.0 Å². The standard InChI is InChI=1S/C29H35F2N7O5S/c1-4-20-26(33-24-12-18(13-25(43-2)37(20)24)28(40)35-10-9-22(39)19(32)15-35)21-11-17-7-8-23(38(29(30)31)44(3,41)42)34-27(17)36(21)14-16-5-6-16/h7-8,11-13,16,19,22,29,39H,4-6,9-10,14-15,32H2,1-3H3/t19-,22+/m1/s1. The smallest absolute Gasteiger partial charge is 0.329 e. The molecule has 3 N–H and O–H groups in total. The Kier molecular flexibility index (Phi) is 7.74. The fourth-order valence-electron chi connectivity index (χ4n) is 5.93. The van der Waals surface area contributed by atoms with Gasteiger partial charge in [0.1, 0.15) is 22.8 Å². The van der Waals surface area contributed by atoms with E-state index in [2.05, 4.69) is 4.98 Å². The number of nitrogens with zero attached hydrogens (tertiary/aromatic N) is 6. The Balaban J connectivity index is 1.50. The number of likely N-dealkylation sites (tertiary alicyclic amines) is 1. The Morgan fingerprint density at radius 1 is 1.20 bits per heavy atom. The molecule has 0 bridgehead atoms. The molecule has 0 unspecified atom stereocenters. The van der Waals surface area contributed by atoms with Gasteiger partial charge in [0.05, 0.1) is 30.9 Å². The molecule has 1 saturated heterocycles. The van der Waals surface area contributed by atoms with Crippen LogP contribution in [-0.4, -0.2) is 88.4 Å². The van der Waals surface area contributed by atoms with Gasteiger partial charge in [0.2, 0.25) is 10.0 Å². The Morgan fingerprint density at radius 3 is 2.57 bits per heavy atom. The maximum atomic E-state index is 13.8. The van der Waals surface area contributed by atoms with Crippen molar-refractivity contribution in [1.29, 1.82) is 0 Å². The summed E-state index contributed by atoms with van der Waals surface area (Å²) in [5, 5.41) is 10.7. The summed E-state index contributed by atoms with van der Waals surface area (Å²) in [5.41, 5.74) is 9.38. The van der Waals surface area contributed by atoms with Crippen molar-refractivity contribution in [2.45, 2.75) is 57.8 Å². The minimum absolute atomic E-state index is 0.0162. The van der Waals surface area contributed by atoms with Crippen LogP contribution in [0.3, 0.4) is 0 Å². The number of rotatable bonds is 9. The number of aliphatic hydroxyl groups excluding tert-OH is 1. The molecule has 0 aromatic carbocycles. The zero-order valence-electron chi connectivity index (χ0n) is 24.7. The Bertz CT molecular complexity index is 1850. The summed E-state index contributed by atoms with van der Waals surface area (Å²) >= 11 is 0. The Labute approximate surface area is 253 Å². The number of nitrogens with two attached hydrogens (primary N) is 1. The Morgan fingerprint density at radius 2 is 1.95 bits per heavy atom. The molecule has 15 heteroatoms. The summed E-state index contributed by atoms with van der Waals surface area (Å²) in [5.74, 6) is 0.168. The summed E-state index contributed by atoms with van der Waals surface area (Å²) in [6.45, 7) is -0.155. The molecule has 4 aromatic rings. The highest BCUT2D eigenvalue weighted by Gasteiger charge is 2.32. The molecule has 6 rings (SSSR count). The molecular formula is C29H35F2N7O5S. The molecule has 2 aliphatic rings. The zero-order valence-corrected chi connectivity index (χ0v) is 25.5. The molecule has 1 saturated carbocycles. The topological polar surface area (TPSA) is 148 Å². The average molecular weight is 632 g/mol. The highest BCUT2D eigenvalue weighted by atomic mass is 32.2. The lowest BCUT2D eigenvalue weighted by molar-refractivity contribution is 0.0459. The third-order valence-corrected chi connectivity index (χ3v) is 9.41. The number of hydrogen-bond acceptors (Lipinski definition) is 8. The number of alkyl halides is 2. The number of piperidine rings is 1. The number of aliphatic hydroxyl groups is 1. The molecule has 0 spiro atoms. The molecule has 5 heterocycles. The molecular weight excluding hydrogens is 596 g/mol. The number of aryl methyl sites for hydroxylation is 1. The van der Waals surface area contributed by atoms with Crippen molar-refractivity contribution in [3.8, 4) is 17.3 Å². The lowest BCUT2D eigenvalue weighted by Crippen LogP contribution is -2.53. The molecule has 2 fully saturated rings. The van der Waals surface area contributed by atoms with Gasteiger partial charge >= 0.3 is 6.55 Å². The van der Waals surface area contributed by atoms with Crippen LogP contribution in [0.15, 0.2) is 30.3 Å². The van der Waals surface area contributed by atoms with Crippen LogP contribution in [0.5, 0.6) is 5.88 Å². The number of sulfonamides is 1. The van der Waals surface area contributed by atoms with Gasteiger partial charge < -0.3 is 25.0 Å². The van der Waals surface area contributed by atoms with E-state index >= 15 is 0 Å². The second-order valence-electron chi connectivity index (χ2n) is 11.5. The number of carbonyl (C=O) groups is 1. The van der Waals surface area contributed by atoms with Gasteiger partial charge in [-0.3, -0.25) is 9.20 Å². The fourth-order valence-corrected chi connectivity index (χ4v) is 6.66. The summed E-state index contributed by atoms with van der Waals surface area (Å²) < 4.78 is 61.6. The van der Waals surface area contributed by atoms with Crippen LogP contribution in [0.1, 0.15) is 42.2 Å². The minimum Gasteiger partial charge on any atom is -0.482 e. The minimum atomic E-state index is -4.28. The second-order valence-corrected chi connectivity index (χ2v) is 13.4. The first kappa shape index (κ1) is 30.2. The molecule has 1 aliphatic carbocycles. The number of ether oxygens (including phenoxy) is 1. The van der Waals surface area contributed by atoms with Gasteiger partial charge in [0.15, 0.2) is 5.88 Å². The molecule has 12 nitrogen and oxygen atoms in total. The first-order chi connectivity index (χ1) is 20.9. The lowest BCUT2D eigenvalue weighted by Gasteiger charge is -2.34. The van der Waals surface area contributed by atoms with Gasteiger partial charge in [-0.15, -0.1) is 0 Å². The highest BCUT2D eigenvalue weighted by molar-refractivity contribution is 7.92. The molecule has 44 heavy (non-hydrogen) atoms. The average Bonchev–Trinajstić information content (AvgIpc) is 3.62. The van der Waals surface area contributed by atoms with E-state index in [1.54, 1.807) is 23.1 Å². The number of imidazole rings is 1. The molecule has 236 valence electrons. The van der Waals surface area contributed by atoms with Gasteiger partial charge in [-0.05, 0) is 55.9 Å². The number of amides is 1. The van der Waals surface area contributed by atoms with E-state index in [9.17, 15) is 27.1 Å². The number of pyridine rings is 2. The second kappa shape index (κ2) is 11.3. The van der Waals surface area contributed by atoms with Crippen molar-refractivity contribution in [1.82, 2.24) is 23.8 Å². The van der Waals surface area contributed by atoms with E-state index in [1.165, 1.54) is 13.2 Å². The largest absolute Gasteiger partial charge is 0.482 e. The predicted molar refractivity (Wildman–Crippen MR) is 160 cm³/mol. The first-order valence-electron chi connectivity index (χ1n) is 14.5. The number of carbonyl (C=O) groups excluding carboxylic acids is 1. The third kappa shape index (κ3) is 5.37. The Hall–Kier alpha value is -3.82. The van der Waals surface area contributed by atoms with Crippen molar-refractivity contribution >= 4 is 38.4 Å². The maximum Gasteiger partial charge on any atom is 0.329 e. The van der Waals surface area contributed by atoms with Crippen molar-refractivity contribution in [3.05, 3.63) is 41.6 Å². The van der Waals surface area contributed by atoms with E-state index in [1.807, 2.05) is 22.0 Å².